The summed E-state index contributed by atoms with van der Waals surface area (Å²) in [5.41, 5.74) is 2.09. The van der Waals surface area contributed by atoms with Crippen LogP contribution in [0.3, 0.4) is 0 Å². The average Bonchev–Trinajstić information content (AvgIpc) is 3.41. The summed E-state index contributed by atoms with van der Waals surface area (Å²) in [6, 6.07) is 18.4. The van der Waals surface area contributed by atoms with E-state index in [1.54, 1.807) is 41.8 Å². The van der Waals surface area contributed by atoms with Crippen molar-refractivity contribution in [1.29, 1.82) is 0 Å². The number of nitrogens with zero attached hydrogens (tertiary/aromatic N) is 3. The van der Waals surface area contributed by atoms with Crippen molar-refractivity contribution < 1.29 is 18.8 Å². The molecule has 0 fully saturated rings. The molecule has 5 rings (SSSR count). The van der Waals surface area contributed by atoms with Gasteiger partial charge in [0.05, 0.1) is 17.2 Å². The second-order valence-corrected chi connectivity index (χ2v) is 7.85. The number of halogens is 1. The summed E-state index contributed by atoms with van der Waals surface area (Å²) >= 11 is 1.29. The molecule has 2 heterocycles. The number of rotatable bonds is 5. The minimum atomic E-state index is -0.466. The van der Waals surface area contributed by atoms with E-state index in [9.17, 15) is 14.5 Å². The van der Waals surface area contributed by atoms with Crippen LogP contribution < -0.4 is 14.3 Å². The summed E-state index contributed by atoms with van der Waals surface area (Å²) in [4.78, 5) is 16.0. The van der Waals surface area contributed by atoms with E-state index in [4.69, 9.17) is 9.47 Å². The minimum absolute atomic E-state index is 0.0945. The molecule has 4 aromatic rings. The van der Waals surface area contributed by atoms with E-state index >= 15 is 0 Å². The normalized spacial score (nSPS) is 12.8. The van der Waals surface area contributed by atoms with Crippen molar-refractivity contribution >= 4 is 22.7 Å². The van der Waals surface area contributed by atoms with Gasteiger partial charge in [0, 0.05) is 17.0 Å². The van der Waals surface area contributed by atoms with Crippen LogP contribution in [0.4, 0.5) is 15.8 Å². The fourth-order valence-electron chi connectivity index (χ4n) is 3.49. The van der Waals surface area contributed by atoms with Gasteiger partial charge in [-0.05, 0) is 35.9 Å². The summed E-state index contributed by atoms with van der Waals surface area (Å²) in [7, 11) is 0. The standard InChI is InChI=1S/C23H16FN3O4S/c24-17-6-2-1-5-16(17)20-13-32-23(25-18-7-3-4-8-19(18)27(28)29)26(20)12-15-9-10-21-22(11-15)31-14-30-21/h1-11,13H,12,14H2. The van der Waals surface area contributed by atoms with Gasteiger partial charge in [-0.2, -0.15) is 0 Å². The van der Waals surface area contributed by atoms with Gasteiger partial charge >= 0.3 is 0 Å². The Labute approximate surface area is 185 Å². The minimum Gasteiger partial charge on any atom is -0.454 e. The Hall–Kier alpha value is -3.98. The van der Waals surface area contributed by atoms with Crippen LogP contribution in [0.2, 0.25) is 0 Å². The lowest BCUT2D eigenvalue weighted by Gasteiger charge is -2.11. The van der Waals surface area contributed by atoms with E-state index in [1.807, 2.05) is 22.8 Å². The molecule has 1 aliphatic heterocycles. The number of nitro groups is 1. The van der Waals surface area contributed by atoms with Crippen LogP contribution in [-0.2, 0) is 6.54 Å². The molecule has 0 atom stereocenters. The molecule has 0 bridgehead atoms. The SMILES string of the molecule is O=[N+]([O-])c1ccccc1N=c1scc(-c2ccccc2F)n1Cc1ccc2c(c1)OCO2. The first-order valence-electron chi connectivity index (χ1n) is 9.70. The maximum Gasteiger partial charge on any atom is 0.294 e. The smallest absolute Gasteiger partial charge is 0.294 e. The first kappa shape index (κ1) is 20.0. The Morgan fingerprint density at radius 2 is 1.84 bits per heavy atom. The molecule has 32 heavy (non-hydrogen) atoms. The summed E-state index contributed by atoms with van der Waals surface area (Å²) in [6.45, 7) is 0.534. The predicted molar refractivity (Wildman–Crippen MR) is 118 cm³/mol. The molecule has 3 aromatic carbocycles. The zero-order valence-corrected chi connectivity index (χ0v) is 17.4. The third-order valence-corrected chi connectivity index (χ3v) is 5.88. The van der Waals surface area contributed by atoms with Crippen molar-refractivity contribution in [3.05, 3.63) is 98.4 Å². The van der Waals surface area contributed by atoms with Gasteiger partial charge in [0.25, 0.3) is 5.69 Å². The molecule has 7 nitrogen and oxygen atoms in total. The molecule has 1 aliphatic rings. The van der Waals surface area contributed by atoms with Gasteiger partial charge in [-0.25, -0.2) is 9.38 Å². The van der Waals surface area contributed by atoms with Crippen LogP contribution in [0.25, 0.3) is 11.3 Å². The van der Waals surface area contributed by atoms with Crippen LogP contribution in [0.1, 0.15) is 5.56 Å². The number of hydrogen-bond acceptors (Lipinski definition) is 6. The van der Waals surface area contributed by atoms with E-state index in [0.717, 1.165) is 5.56 Å². The number of nitro benzene ring substituents is 1. The second kappa shape index (κ2) is 8.27. The van der Waals surface area contributed by atoms with Crippen molar-refractivity contribution in [3.63, 3.8) is 0 Å². The van der Waals surface area contributed by atoms with E-state index in [2.05, 4.69) is 4.99 Å². The number of benzene rings is 3. The molecule has 1 aromatic heterocycles. The van der Waals surface area contributed by atoms with Gasteiger partial charge in [0.2, 0.25) is 6.79 Å². The highest BCUT2D eigenvalue weighted by molar-refractivity contribution is 7.07. The van der Waals surface area contributed by atoms with Crippen molar-refractivity contribution in [2.24, 2.45) is 4.99 Å². The Morgan fingerprint density at radius 1 is 1.06 bits per heavy atom. The maximum atomic E-state index is 14.6. The fraction of sp³-hybridized carbons (Fsp3) is 0.0870. The monoisotopic (exact) mass is 449 g/mol. The Bertz CT molecular complexity index is 1400. The zero-order valence-electron chi connectivity index (χ0n) is 16.6. The Morgan fingerprint density at radius 3 is 2.69 bits per heavy atom. The van der Waals surface area contributed by atoms with Crippen LogP contribution in [0.15, 0.2) is 77.1 Å². The first-order chi connectivity index (χ1) is 15.6. The highest BCUT2D eigenvalue weighted by Crippen LogP contribution is 2.33. The summed E-state index contributed by atoms with van der Waals surface area (Å²) < 4.78 is 27.3. The van der Waals surface area contributed by atoms with Crippen molar-refractivity contribution in [3.8, 4) is 22.8 Å². The molecular formula is C23H16FN3O4S. The lowest BCUT2D eigenvalue weighted by atomic mass is 10.1. The molecule has 160 valence electrons. The van der Waals surface area contributed by atoms with E-state index in [0.29, 0.717) is 34.1 Å². The highest BCUT2D eigenvalue weighted by Gasteiger charge is 2.17. The van der Waals surface area contributed by atoms with Gasteiger partial charge in [0.1, 0.15) is 11.5 Å². The fourth-order valence-corrected chi connectivity index (χ4v) is 4.41. The van der Waals surface area contributed by atoms with Gasteiger partial charge in [-0.3, -0.25) is 10.1 Å². The lowest BCUT2D eigenvalue weighted by Crippen LogP contribution is -2.17. The van der Waals surface area contributed by atoms with Crippen molar-refractivity contribution in [1.82, 2.24) is 4.57 Å². The zero-order chi connectivity index (χ0) is 22.1. The quantitative estimate of drug-likeness (QED) is 0.307. The van der Waals surface area contributed by atoms with Crippen LogP contribution in [0, 0.1) is 15.9 Å². The van der Waals surface area contributed by atoms with Gasteiger partial charge in [0.15, 0.2) is 16.3 Å². The Kier molecular flexibility index (Phi) is 5.16. The molecule has 0 spiro atoms. The molecule has 0 amide bonds. The summed E-state index contributed by atoms with van der Waals surface area (Å²) in [5, 5.41) is 13.2. The largest absolute Gasteiger partial charge is 0.454 e. The van der Waals surface area contributed by atoms with E-state index < -0.39 is 4.92 Å². The highest BCUT2D eigenvalue weighted by atomic mass is 32.1. The second-order valence-electron chi connectivity index (χ2n) is 7.01. The van der Waals surface area contributed by atoms with Gasteiger partial charge in [-0.15, -0.1) is 11.3 Å². The van der Waals surface area contributed by atoms with Gasteiger partial charge < -0.3 is 14.0 Å². The molecule has 0 radical (unpaired) electrons. The molecule has 0 saturated heterocycles. The Balaban J connectivity index is 1.67. The number of para-hydroxylation sites is 2. The van der Waals surface area contributed by atoms with Crippen LogP contribution in [-0.4, -0.2) is 16.3 Å². The first-order valence-corrected chi connectivity index (χ1v) is 10.6. The summed E-state index contributed by atoms with van der Waals surface area (Å²) in [6.07, 6.45) is 0. The van der Waals surface area contributed by atoms with E-state index in [1.165, 1.54) is 23.5 Å². The maximum absolute atomic E-state index is 14.6. The number of fused-ring (bicyclic) bond motifs is 1. The molecular weight excluding hydrogens is 433 g/mol. The molecule has 9 heteroatoms. The number of aromatic nitrogens is 1. The molecule has 0 unspecified atom stereocenters. The third-order valence-electron chi connectivity index (χ3n) is 5.02. The predicted octanol–water partition coefficient (Wildman–Crippen LogP) is 5.27. The lowest BCUT2D eigenvalue weighted by molar-refractivity contribution is -0.384. The number of ether oxygens (including phenoxy) is 2. The topological polar surface area (TPSA) is 78.9 Å². The molecule has 0 saturated carbocycles. The van der Waals surface area contributed by atoms with Crippen LogP contribution >= 0.6 is 11.3 Å². The average molecular weight is 449 g/mol. The molecule has 0 aliphatic carbocycles. The van der Waals surface area contributed by atoms with Crippen molar-refractivity contribution in [2.75, 3.05) is 6.79 Å². The third kappa shape index (κ3) is 3.74. The number of hydrogen-bond donors (Lipinski definition) is 0. The molecule has 0 N–H and O–H groups in total. The summed E-state index contributed by atoms with van der Waals surface area (Å²) in [5.74, 6) is 0.952. The van der Waals surface area contributed by atoms with Crippen LogP contribution in [0.5, 0.6) is 11.5 Å². The van der Waals surface area contributed by atoms with E-state index in [-0.39, 0.29) is 24.0 Å². The van der Waals surface area contributed by atoms with Gasteiger partial charge in [-0.1, -0.05) is 30.3 Å². The van der Waals surface area contributed by atoms with Crippen molar-refractivity contribution in [2.45, 2.75) is 6.54 Å². The number of thiazole rings is 1.